The molecule has 3 aromatic carbocycles. The van der Waals surface area contributed by atoms with Gasteiger partial charge in [0, 0.05) is 58.5 Å². The molecule has 4 heterocycles. The first-order valence-electron chi connectivity index (χ1n) is 15.9. The van der Waals surface area contributed by atoms with Crippen LogP contribution in [0.5, 0.6) is 0 Å². The van der Waals surface area contributed by atoms with Crippen LogP contribution in [0, 0.1) is 0 Å². The summed E-state index contributed by atoms with van der Waals surface area (Å²) >= 11 is 0. The molecule has 48 heavy (non-hydrogen) atoms. The minimum Gasteiger partial charge on any atom is -0.459 e. The third kappa shape index (κ3) is 5.86. The fourth-order valence-electron chi connectivity index (χ4n) is 6.56. The summed E-state index contributed by atoms with van der Waals surface area (Å²) < 4.78 is 6.12. The molecule has 9 nitrogen and oxygen atoms in total. The number of nitrogens with zero attached hydrogens (tertiary/aromatic N) is 2. The van der Waals surface area contributed by atoms with Crippen LogP contribution in [0.4, 0.5) is 5.69 Å². The van der Waals surface area contributed by atoms with Gasteiger partial charge in [-0.2, -0.15) is 0 Å². The largest absolute Gasteiger partial charge is 0.459 e. The smallest absolute Gasteiger partial charge is 0.259 e. The highest BCUT2D eigenvalue weighted by Crippen LogP contribution is 2.41. The van der Waals surface area contributed by atoms with Crippen LogP contribution in [0.1, 0.15) is 70.2 Å². The number of hydrogen-bond acceptors (Lipinski definition) is 6. The summed E-state index contributed by atoms with van der Waals surface area (Å²) in [5.74, 6) is 0.256. The van der Waals surface area contributed by atoms with Gasteiger partial charge in [-0.1, -0.05) is 67.8 Å². The molecule has 0 saturated carbocycles. The van der Waals surface area contributed by atoms with E-state index in [1.165, 1.54) is 0 Å². The van der Waals surface area contributed by atoms with Crippen LogP contribution in [-0.2, 0) is 16.0 Å². The van der Waals surface area contributed by atoms with E-state index in [0.717, 1.165) is 38.9 Å². The van der Waals surface area contributed by atoms with Gasteiger partial charge in [0.15, 0.2) is 0 Å². The molecule has 0 bridgehead atoms. The molecule has 0 radical (unpaired) electrons. The first-order valence-corrected chi connectivity index (χ1v) is 15.9. The summed E-state index contributed by atoms with van der Waals surface area (Å²) in [6, 6.07) is 26.0. The van der Waals surface area contributed by atoms with Crippen molar-refractivity contribution in [1.82, 2.24) is 20.5 Å². The van der Waals surface area contributed by atoms with Crippen LogP contribution in [-0.4, -0.2) is 33.6 Å². The van der Waals surface area contributed by atoms with Gasteiger partial charge in [0.2, 0.25) is 11.8 Å². The molecule has 3 atom stereocenters. The Labute approximate surface area is 278 Å². The number of hydrogen-bond donors (Lipinski definition) is 3. The van der Waals surface area contributed by atoms with Gasteiger partial charge in [-0.15, -0.1) is 0 Å². The maximum atomic E-state index is 13.5. The molecule has 0 aliphatic carbocycles. The van der Waals surface area contributed by atoms with Crippen molar-refractivity contribution in [2.75, 3.05) is 5.32 Å². The molecule has 1 saturated heterocycles. The Bertz CT molecular complexity index is 2030. The van der Waals surface area contributed by atoms with Crippen molar-refractivity contribution in [3.05, 3.63) is 150 Å². The molecule has 9 heteroatoms. The molecule has 3 N–H and O–H groups in total. The number of nitrogens with one attached hydrogen (secondary N) is 3. The predicted molar refractivity (Wildman–Crippen MR) is 185 cm³/mol. The summed E-state index contributed by atoms with van der Waals surface area (Å²) in [6.07, 6.45) is 4.44. The van der Waals surface area contributed by atoms with Crippen molar-refractivity contribution >= 4 is 40.1 Å². The van der Waals surface area contributed by atoms with E-state index >= 15 is 0 Å². The molecule has 2 aliphatic heterocycles. The molecule has 7 rings (SSSR count). The zero-order valence-corrected chi connectivity index (χ0v) is 26.5. The Kier molecular flexibility index (Phi) is 8.10. The molecule has 0 spiro atoms. The monoisotopic (exact) mass is 637 g/mol. The number of furan rings is 1. The zero-order valence-electron chi connectivity index (χ0n) is 26.5. The van der Waals surface area contributed by atoms with Gasteiger partial charge >= 0.3 is 0 Å². The van der Waals surface area contributed by atoms with Crippen LogP contribution in [0.25, 0.3) is 16.7 Å². The van der Waals surface area contributed by atoms with Crippen LogP contribution in [0.3, 0.4) is 0 Å². The molecule has 5 aromatic rings. The molecule has 3 amide bonds. The number of piperidine rings is 1. The maximum absolute atomic E-state index is 13.5. The van der Waals surface area contributed by atoms with Gasteiger partial charge in [-0.3, -0.25) is 24.3 Å². The number of carbonyl (C=O) groups is 3. The van der Waals surface area contributed by atoms with Gasteiger partial charge in [-0.05, 0) is 54.8 Å². The maximum Gasteiger partial charge on any atom is 0.259 e. The summed E-state index contributed by atoms with van der Waals surface area (Å²) in [5, 5.41) is 10.4. The Balaban J connectivity index is 1.03. The quantitative estimate of drug-likeness (QED) is 0.166. The number of fused-ring (bicyclic) bond motifs is 2. The molecule has 1 fully saturated rings. The van der Waals surface area contributed by atoms with Gasteiger partial charge in [-0.25, -0.2) is 0 Å². The van der Waals surface area contributed by atoms with E-state index in [0.29, 0.717) is 35.6 Å². The first-order chi connectivity index (χ1) is 23.3. The molecular weight excluding hydrogens is 602 g/mol. The van der Waals surface area contributed by atoms with Crippen LogP contribution in [0.2, 0.25) is 0 Å². The van der Waals surface area contributed by atoms with E-state index in [-0.39, 0.29) is 36.2 Å². The number of carbonyl (C=O) groups excluding carboxylic acids is 3. The highest BCUT2D eigenvalue weighted by molar-refractivity contribution is 6.11. The topological polar surface area (TPSA) is 117 Å². The van der Waals surface area contributed by atoms with Crippen molar-refractivity contribution < 1.29 is 18.8 Å². The Morgan fingerprint density at radius 1 is 1.02 bits per heavy atom. The molecule has 2 aromatic heterocycles. The van der Waals surface area contributed by atoms with E-state index in [2.05, 4.69) is 34.1 Å². The number of benzene rings is 3. The van der Waals surface area contributed by atoms with E-state index in [1.54, 1.807) is 23.4 Å². The van der Waals surface area contributed by atoms with Crippen molar-refractivity contribution in [1.29, 1.82) is 0 Å². The lowest BCUT2D eigenvalue weighted by atomic mass is 10.0. The Morgan fingerprint density at radius 3 is 2.58 bits per heavy atom. The first kappa shape index (κ1) is 30.7. The summed E-state index contributed by atoms with van der Waals surface area (Å²) in [7, 11) is 0. The third-order valence-corrected chi connectivity index (χ3v) is 9.02. The van der Waals surface area contributed by atoms with Gasteiger partial charge in [0.25, 0.3) is 5.91 Å². The van der Waals surface area contributed by atoms with E-state index in [4.69, 9.17) is 4.42 Å². The average molecular weight is 638 g/mol. The molecule has 2 aliphatic rings. The van der Waals surface area contributed by atoms with Crippen molar-refractivity contribution in [3.8, 4) is 0 Å². The van der Waals surface area contributed by atoms with Crippen molar-refractivity contribution in [2.24, 2.45) is 0 Å². The van der Waals surface area contributed by atoms with Crippen LogP contribution >= 0.6 is 0 Å². The minimum atomic E-state index is -0.484. The normalized spacial score (nSPS) is 17.2. The number of para-hydroxylation sites is 1. The number of anilines is 1. The lowest BCUT2D eigenvalue weighted by Gasteiger charge is -2.33. The summed E-state index contributed by atoms with van der Waals surface area (Å²) in [6.45, 7) is 10.3. The average Bonchev–Trinajstić information content (AvgIpc) is 3.63. The standard InChI is InChI=1S/C39H35N5O4/c1-23(41-31-11-6-10-30-37(31)25(3)44(39(30)47)32-17-18-35(45)42-24(32)2)27-15-13-26(14-16-27)20-36(46)43-38(29-9-7-19-40-22-29)34-21-28-8-4-5-12-33(28)48-34/h4-16,19,21-23,32,38,41H,2-3,17-18,20H2,1H3,(H,42,45)(H,43,46). The summed E-state index contributed by atoms with van der Waals surface area (Å²) in [5.41, 5.74) is 6.67. The second-order valence-corrected chi connectivity index (χ2v) is 12.2. The van der Waals surface area contributed by atoms with Gasteiger partial charge < -0.3 is 20.4 Å². The number of rotatable bonds is 9. The second-order valence-electron chi connectivity index (χ2n) is 12.2. The molecule has 3 unspecified atom stereocenters. The van der Waals surface area contributed by atoms with E-state index in [1.807, 2.05) is 85.8 Å². The van der Waals surface area contributed by atoms with Crippen LogP contribution in [0.15, 0.2) is 121 Å². The fourth-order valence-corrected chi connectivity index (χ4v) is 6.56. The van der Waals surface area contributed by atoms with E-state index in [9.17, 15) is 14.4 Å². The highest BCUT2D eigenvalue weighted by atomic mass is 16.3. The fraction of sp³-hybridized carbons (Fsp3) is 0.179. The van der Waals surface area contributed by atoms with Crippen molar-refractivity contribution in [3.63, 3.8) is 0 Å². The number of amides is 3. The van der Waals surface area contributed by atoms with E-state index < -0.39 is 6.04 Å². The number of pyridine rings is 1. The third-order valence-electron chi connectivity index (χ3n) is 9.02. The Hall–Kier alpha value is -5.96. The minimum absolute atomic E-state index is 0.0922. The predicted octanol–water partition coefficient (Wildman–Crippen LogP) is 6.67. The molecular formula is C39H35N5O4. The zero-order chi connectivity index (χ0) is 33.4. The SMILES string of the molecule is C=C1NC(=O)CCC1N1C(=C)c2c(NC(C)c3ccc(CC(=O)NC(c4cccnc4)c4cc5ccccc5o4)cc3)cccc2C1=O. The lowest BCUT2D eigenvalue weighted by Crippen LogP contribution is -2.45. The van der Waals surface area contributed by atoms with Crippen LogP contribution < -0.4 is 16.0 Å². The number of aromatic nitrogens is 1. The highest BCUT2D eigenvalue weighted by Gasteiger charge is 2.40. The molecule has 240 valence electrons. The summed E-state index contributed by atoms with van der Waals surface area (Å²) in [4.78, 5) is 44.6. The van der Waals surface area contributed by atoms with Crippen molar-refractivity contribution in [2.45, 2.75) is 44.3 Å². The van der Waals surface area contributed by atoms with Gasteiger partial charge in [0.05, 0.1) is 18.0 Å². The Morgan fingerprint density at radius 2 is 1.83 bits per heavy atom. The lowest BCUT2D eigenvalue weighted by molar-refractivity contribution is -0.122. The second kappa shape index (κ2) is 12.7. The van der Waals surface area contributed by atoms with Gasteiger partial charge in [0.1, 0.15) is 17.4 Å².